The minimum absolute atomic E-state index is 0.0792. The molecule has 0 bridgehead atoms. The molecule has 0 saturated heterocycles. The van der Waals surface area contributed by atoms with Gasteiger partial charge in [0.1, 0.15) is 0 Å². The average Bonchev–Trinajstić information content (AvgIpc) is 3.10. The lowest BCUT2D eigenvalue weighted by Crippen LogP contribution is -2.28. The van der Waals surface area contributed by atoms with E-state index in [0.29, 0.717) is 13.2 Å². The van der Waals surface area contributed by atoms with E-state index in [0.717, 1.165) is 19.0 Å². The average molecular weight is 242 g/mol. The van der Waals surface area contributed by atoms with Gasteiger partial charge in [0.25, 0.3) is 0 Å². The Kier molecular flexibility index (Phi) is 6.62. The molecule has 1 fully saturated rings. The fraction of sp³-hybridized carbons (Fsp3) is 0.833. The second-order valence-electron chi connectivity index (χ2n) is 4.24. The molecule has 5 heteroatoms. The fourth-order valence-corrected chi connectivity index (χ4v) is 1.45. The molecule has 0 atom stereocenters. The van der Waals surface area contributed by atoms with E-state index < -0.39 is 0 Å². The molecule has 17 heavy (non-hydrogen) atoms. The van der Waals surface area contributed by atoms with Gasteiger partial charge in [-0.25, -0.2) is 0 Å². The van der Waals surface area contributed by atoms with Crippen molar-refractivity contribution in [3.63, 3.8) is 0 Å². The van der Waals surface area contributed by atoms with Gasteiger partial charge in [0.05, 0.1) is 13.0 Å². The van der Waals surface area contributed by atoms with Crippen molar-refractivity contribution in [1.82, 2.24) is 10.6 Å². The first-order valence-corrected chi connectivity index (χ1v) is 6.38. The minimum atomic E-state index is -0.307. The highest BCUT2D eigenvalue weighted by Crippen LogP contribution is 2.18. The molecule has 0 aliphatic heterocycles. The number of hydrogen-bond donors (Lipinski definition) is 2. The fourth-order valence-electron chi connectivity index (χ4n) is 1.45. The molecular formula is C12H22N2O3. The van der Waals surface area contributed by atoms with E-state index in [2.05, 4.69) is 10.6 Å². The molecule has 1 amide bonds. The van der Waals surface area contributed by atoms with Crippen molar-refractivity contribution in [3.8, 4) is 0 Å². The Labute approximate surface area is 102 Å². The highest BCUT2D eigenvalue weighted by atomic mass is 16.5. The van der Waals surface area contributed by atoms with Crippen molar-refractivity contribution in [2.75, 3.05) is 19.7 Å². The summed E-state index contributed by atoms with van der Waals surface area (Å²) in [6, 6.07) is 0.717. The predicted octanol–water partition coefficient (Wildman–Crippen LogP) is 0.588. The number of amides is 1. The van der Waals surface area contributed by atoms with Crippen molar-refractivity contribution in [2.45, 2.75) is 45.1 Å². The third-order valence-corrected chi connectivity index (χ3v) is 2.55. The van der Waals surface area contributed by atoms with Gasteiger partial charge in [-0.15, -0.1) is 0 Å². The number of esters is 1. The lowest BCUT2D eigenvalue weighted by atomic mass is 10.3. The maximum absolute atomic E-state index is 11.3. The van der Waals surface area contributed by atoms with E-state index >= 15 is 0 Å². The van der Waals surface area contributed by atoms with Gasteiger partial charge in [-0.3, -0.25) is 9.59 Å². The molecule has 0 aromatic rings. The van der Waals surface area contributed by atoms with Gasteiger partial charge >= 0.3 is 5.97 Å². The number of nitrogens with one attached hydrogen (secondary N) is 2. The molecule has 1 rings (SSSR count). The van der Waals surface area contributed by atoms with Crippen molar-refractivity contribution in [3.05, 3.63) is 0 Å². The third-order valence-electron chi connectivity index (χ3n) is 2.55. The van der Waals surface area contributed by atoms with E-state index in [1.165, 1.54) is 12.8 Å². The van der Waals surface area contributed by atoms with Gasteiger partial charge < -0.3 is 15.4 Å². The topological polar surface area (TPSA) is 67.4 Å². The van der Waals surface area contributed by atoms with Gasteiger partial charge in [-0.2, -0.15) is 0 Å². The summed E-state index contributed by atoms with van der Waals surface area (Å²) >= 11 is 0. The van der Waals surface area contributed by atoms with Gasteiger partial charge in [0.15, 0.2) is 0 Å². The maximum Gasteiger partial charge on any atom is 0.306 e. The van der Waals surface area contributed by atoms with Crippen LogP contribution in [0.1, 0.15) is 39.0 Å². The lowest BCUT2D eigenvalue weighted by molar-refractivity contribution is -0.144. The zero-order valence-electron chi connectivity index (χ0n) is 10.5. The molecule has 0 radical (unpaired) electrons. The van der Waals surface area contributed by atoms with Crippen molar-refractivity contribution in [1.29, 1.82) is 0 Å². The number of ether oxygens (including phenoxy) is 1. The summed E-state index contributed by atoms with van der Waals surface area (Å²) in [7, 11) is 0. The van der Waals surface area contributed by atoms with Gasteiger partial charge in [-0.05, 0) is 32.7 Å². The zero-order chi connectivity index (χ0) is 12.5. The number of rotatable bonds is 9. The van der Waals surface area contributed by atoms with E-state index in [-0.39, 0.29) is 24.7 Å². The Bertz CT molecular complexity index is 252. The van der Waals surface area contributed by atoms with Crippen molar-refractivity contribution < 1.29 is 14.3 Å². The first kappa shape index (κ1) is 14.0. The summed E-state index contributed by atoms with van der Waals surface area (Å²) in [5.41, 5.74) is 0. The lowest BCUT2D eigenvalue weighted by Gasteiger charge is -2.05. The van der Waals surface area contributed by atoms with E-state index in [4.69, 9.17) is 4.74 Å². The van der Waals surface area contributed by atoms with Crippen LogP contribution in [-0.2, 0) is 14.3 Å². The quantitative estimate of drug-likeness (QED) is 0.458. The largest absolute Gasteiger partial charge is 0.466 e. The molecule has 0 heterocycles. The van der Waals surface area contributed by atoms with Crippen molar-refractivity contribution >= 4 is 11.9 Å². The molecule has 1 saturated carbocycles. The van der Waals surface area contributed by atoms with Crippen LogP contribution in [0.5, 0.6) is 0 Å². The normalized spacial score (nSPS) is 14.4. The molecule has 98 valence electrons. The second-order valence-corrected chi connectivity index (χ2v) is 4.24. The number of hydrogen-bond acceptors (Lipinski definition) is 4. The first-order valence-electron chi connectivity index (χ1n) is 6.38. The van der Waals surface area contributed by atoms with Crippen LogP contribution < -0.4 is 10.6 Å². The van der Waals surface area contributed by atoms with Crippen LogP contribution in [0.4, 0.5) is 0 Å². The predicted molar refractivity (Wildman–Crippen MR) is 64.5 cm³/mol. The molecule has 1 aliphatic rings. The summed E-state index contributed by atoms with van der Waals surface area (Å²) in [5, 5.41) is 6.16. The summed E-state index contributed by atoms with van der Waals surface area (Å²) in [6.07, 6.45) is 3.88. The molecule has 5 nitrogen and oxygen atoms in total. The van der Waals surface area contributed by atoms with E-state index in [9.17, 15) is 9.59 Å². The van der Waals surface area contributed by atoms with E-state index in [1.54, 1.807) is 6.92 Å². The van der Waals surface area contributed by atoms with Crippen LogP contribution in [-0.4, -0.2) is 37.6 Å². The highest BCUT2D eigenvalue weighted by molar-refractivity contribution is 5.81. The van der Waals surface area contributed by atoms with Crippen LogP contribution in [0, 0.1) is 0 Å². The Balaban J connectivity index is 1.87. The van der Waals surface area contributed by atoms with Gasteiger partial charge in [0.2, 0.25) is 5.91 Å². The maximum atomic E-state index is 11.3. The molecular weight excluding hydrogens is 220 g/mol. The molecule has 0 spiro atoms. The molecule has 0 aromatic carbocycles. The van der Waals surface area contributed by atoms with Crippen molar-refractivity contribution in [2.24, 2.45) is 0 Å². The number of carbonyl (C=O) groups is 2. The Morgan fingerprint density at radius 3 is 2.65 bits per heavy atom. The highest BCUT2D eigenvalue weighted by Gasteiger charge is 2.19. The summed E-state index contributed by atoms with van der Waals surface area (Å²) in [6.45, 7) is 3.74. The van der Waals surface area contributed by atoms with Crippen LogP contribution in [0.3, 0.4) is 0 Å². The summed E-state index contributed by atoms with van der Waals surface area (Å²) in [4.78, 5) is 22.3. The standard InChI is InChI=1S/C12H22N2O3/c1-2-17-12(16)7-6-11(15)14-9-3-8-13-10-4-5-10/h10,13H,2-9H2,1H3,(H,14,15). The van der Waals surface area contributed by atoms with E-state index in [1.807, 2.05) is 0 Å². The van der Waals surface area contributed by atoms with Crippen LogP contribution in [0.15, 0.2) is 0 Å². The smallest absolute Gasteiger partial charge is 0.306 e. The molecule has 0 unspecified atom stereocenters. The third kappa shape index (κ3) is 7.74. The van der Waals surface area contributed by atoms with Crippen LogP contribution in [0.2, 0.25) is 0 Å². The Morgan fingerprint density at radius 1 is 1.24 bits per heavy atom. The SMILES string of the molecule is CCOC(=O)CCC(=O)NCCCNC1CC1. The molecule has 0 aromatic heterocycles. The second kappa shape index (κ2) is 8.06. The summed E-state index contributed by atoms with van der Waals surface area (Å²) < 4.78 is 4.74. The minimum Gasteiger partial charge on any atom is -0.466 e. The number of carbonyl (C=O) groups excluding carboxylic acids is 2. The summed E-state index contributed by atoms with van der Waals surface area (Å²) in [5.74, 6) is -0.387. The monoisotopic (exact) mass is 242 g/mol. The molecule has 2 N–H and O–H groups in total. The van der Waals surface area contributed by atoms with Crippen LogP contribution in [0.25, 0.3) is 0 Å². The van der Waals surface area contributed by atoms with Crippen LogP contribution >= 0.6 is 0 Å². The molecule has 1 aliphatic carbocycles. The zero-order valence-corrected chi connectivity index (χ0v) is 10.5. The Morgan fingerprint density at radius 2 is 2.00 bits per heavy atom. The van der Waals surface area contributed by atoms with Gasteiger partial charge in [0, 0.05) is 19.0 Å². The Hall–Kier alpha value is -1.10. The first-order chi connectivity index (χ1) is 8.22. The van der Waals surface area contributed by atoms with Gasteiger partial charge in [-0.1, -0.05) is 0 Å².